The van der Waals surface area contributed by atoms with Crippen molar-refractivity contribution in [2.24, 2.45) is 5.41 Å². The van der Waals surface area contributed by atoms with Crippen molar-refractivity contribution in [2.45, 2.75) is 37.7 Å². The Morgan fingerprint density at radius 3 is 2.71 bits per heavy atom. The summed E-state index contributed by atoms with van der Waals surface area (Å²) in [5.41, 5.74) is -1.22. The lowest BCUT2D eigenvalue weighted by molar-refractivity contribution is -0.153. The van der Waals surface area contributed by atoms with E-state index in [2.05, 4.69) is 0 Å². The average Bonchev–Trinajstić information content (AvgIpc) is 2.60. The van der Waals surface area contributed by atoms with Crippen molar-refractivity contribution >= 4 is 11.9 Å². The Hall–Kier alpha value is -1.06. The number of carbonyl (C=O) groups excluding carboxylic acids is 2. The van der Waals surface area contributed by atoms with Crippen molar-refractivity contribution in [3.8, 4) is 0 Å². The van der Waals surface area contributed by atoms with E-state index in [0.29, 0.717) is 0 Å². The van der Waals surface area contributed by atoms with Crippen LogP contribution in [0.15, 0.2) is 0 Å². The summed E-state index contributed by atoms with van der Waals surface area (Å²) in [4.78, 5) is 23.0. The minimum absolute atomic E-state index is 0.219. The number of cyclic esters (lactones) is 1. The Kier molecular flexibility index (Phi) is 1.36. The van der Waals surface area contributed by atoms with Gasteiger partial charge in [0.2, 0.25) is 0 Å². The van der Waals surface area contributed by atoms with Gasteiger partial charge in [0.25, 0.3) is 0 Å². The van der Waals surface area contributed by atoms with Crippen molar-refractivity contribution in [1.29, 1.82) is 0 Å². The Labute approximate surface area is 81.6 Å². The third-order valence-electron chi connectivity index (χ3n) is 3.89. The Bertz CT molecular complexity index is 324. The molecule has 0 radical (unpaired) electrons. The molecule has 4 heteroatoms. The number of esters is 2. The van der Waals surface area contributed by atoms with Crippen LogP contribution < -0.4 is 0 Å². The normalized spacial score (nSPS) is 45.4. The van der Waals surface area contributed by atoms with Crippen LogP contribution in [-0.2, 0) is 19.1 Å². The van der Waals surface area contributed by atoms with Crippen molar-refractivity contribution < 1.29 is 19.1 Å². The first-order valence-corrected chi connectivity index (χ1v) is 5.08. The van der Waals surface area contributed by atoms with Crippen molar-refractivity contribution in [3.63, 3.8) is 0 Å². The molecule has 0 spiro atoms. The second-order valence-electron chi connectivity index (χ2n) is 4.51. The van der Waals surface area contributed by atoms with Crippen LogP contribution in [0.25, 0.3) is 0 Å². The highest BCUT2D eigenvalue weighted by Gasteiger charge is 2.70. The lowest BCUT2D eigenvalue weighted by atomic mass is 9.64. The fraction of sp³-hybridized carbons (Fsp3) is 0.800. The van der Waals surface area contributed by atoms with E-state index >= 15 is 0 Å². The molecule has 2 saturated heterocycles. The maximum Gasteiger partial charge on any atom is 0.317 e. The molecule has 0 unspecified atom stereocenters. The van der Waals surface area contributed by atoms with Gasteiger partial charge in [0, 0.05) is 0 Å². The van der Waals surface area contributed by atoms with Crippen LogP contribution >= 0.6 is 0 Å². The average molecular weight is 196 g/mol. The largest absolute Gasteiger partial charge is 0.461 e. The predicted molar refractivity (Wildman–Crippen MR) is 45.3 cm³/mol. The van der Waals surface area contributed by atoms with Gasteiger partial charge in [0.1, 0.15) is 12.0 Å². The first-order chi connectivity index (χ1) is 6.69. The molecular formula is C10H12O4. The zero-order valence-electron chi connectivity index (χ0n) is 7.88. The number of rotatable bonds is 0. The molecular weight excluding hydrogens is 184 g/mol. The first kappa shape index (κ1) is 8.26. The van der Waals surface area contributed by atoms with Crippen LogP contribution in [0.4, 0.5) is 0 Å². The van der Waals surface area contributed by atoms with Crippen LogP contribution in [-0.4, -0.2) is 24.1 Å². The highest BCUT2D eigenvalue weighted by Crippen LogP contribution is 2.57. The monoisotopic (exact) mass is 196 g/mol. The third-order valence-corrected chi connectivity index (χ3v) is 3.89. The van der Waals surface area contributed by atoms with Crippen LogP contribution in [0.2, 0.25) is 0 Å². The summed E-state index contributed by atoms with van der Waals surface area (Å²) < 4.78 is 10.4. The molecule has 1 aliphatic carbocycles. The second kappa shape index (κ2) is 2.30. The van der Waals surface area contributed by atoms with Crippen LogP contribution in [0.5, 0.6) is 0 Å². The van der Waals surface area contributed by atoms with E-state index < -0.39 is 11.0 Å². The molecule has 0 amide bonds. The summed E-state index contributed by atoms with van der Waals surface area (Å²) in [6.45, 7) is 0.275. The van der Waals surface area contributed by atoms with Gasteiger partial charge in [-0.3, -0.25) is 9.59 Å². The van der Waals surface area contributed by atoms with Gasteiger partial charge in [-0.2, -0.15) is 0 Å². The van der Waals surface area contributed by atoms with Gasteiger partial charge >= 0.3 is 11.9 Å². The maximum atomic E-state index is 11.7. The maximum absolute atomic E-state index is 11.7. The Morgan fingerprint density at radius 2 is 1.93 bits per heavy atom. The van der Waals surface area contributed by atoms with Crippen molar-refractivity contribution in [3.05, 3.63) is 0 Å². The molecule has 3 aliphatic rings. The fourth-order valence-electron chi connectivity index (χ4n) is 3.12. The molecule has 4 nitrogen and oxygen atoms in total. The fourth-order valence-corrected chi connectivity index (χ4v) is 3.12. The van der Waals surface area contributed by atoms with Gasteiger partial charge < -0.3 is 9.47 Å². The lowest BCUT2D eigenvalue weighted by Gasteiger charge is -2.37. The number of hydrogen-bond donors (Lipinski definition) is 0. The minimum Gasteiger partial charge on any atom is -0.461 e. The van der Waals surface area contributed by atoms with E-state index in [1.165, 1.54) is 0 Å². The van der Waals surface area contributed by atoms with Gasteiger partial charge in [-0.15, -0.1) is 0 Å². The molecule has 0 aromatic rings. The molecule has 3 fully saturated rings. The highest BCUT2D eigenvalue weighted by atomic mass is 16.6. The molecule has 0 aromatic heterocycles. The van der Waals surface area contributed by atoms with E-state index in [0.717, 1.165) is 25.7 Å². The topological polar surface area (TPSA) is 52.6 Å². The molecule has 0 aromatic carbocycles. The van der Waals surface area contributed by atoms with E-state index in [9.17, 15) is 9.59 Å². The van der Waals surface area contributed by atoms with Gasteiger partial charge in [0.15, 0.2) is 5.60 Å². The Balaban J connectivity index is 2.11. The van der Waals surface area contributed by atoms with E-state index in [1.807, 2.05) is 0 Å². The summed E-state index contributed by atoms with van der Waals surface area (Å²) >= 11 is 0. The van der Waals surface area contributed by atoms with E-state index in [4.69, 9.17) is 9.47 Å². The molecule has 2 heterocycles. The van der Waals surface area contributed by atoms with Gasteiger partial charge in [0.05, 0.1) is 6.42 Å². The molecule has 14 heavy (non-hydrogen) atoms. The van der Waals surface area contributed by atoms with E-state index in [-0.39, 0.29) is 25.0 Å². The van der Waals surface area contributed by atoms with Crippen LogP contribution in [0.3, 0.4) is 0 Å². The summed E-state index contributed by atoms with van der Waals surface area (Å²) in [5.74, 6) is -0.452. The minimum atomic E-state index is -0.623. The molecule has 0 N–H and O–H groups in total. The summed E-state index contributed by atoms with van der Waals surface area (Å²) in [6, 6.07) is 0. The third kappa shape index (κ3) is 0.713. The smallest absolute Gasteiger partial charge is 0.317 e. The van der Waals surface area contributed by atoms with Crippen LogP contribution in [0.1, 0.15) is 32.1 Å². The molecule has 2 aliphatic heterocycles. The summed E-state index contributed by atoms with van der Waals surface area (Å²) in [7, 11) is 0. The number of hydrogen-bond acceptors (Lipinski definition) is 4. The zero-order valence-corrected chi connectivity index (χ0v) is 7.88. The molecule has 1 saturated carbocycles. The van der Waals surface area contributed by atoms with Crippen molar-refractivity contribution in [2.75, 3.05) is 6.61 Å². The second-order valence-corrected chi connectivity index (χ2v) is 4.51. The first-order valence-electron chi connectivity index (χ1n) is 5.08. The summed E-state index contributed by atoms with van der Waals surface area (Å²) in [6.07, 6.45) is 3.77. The zero-order chi connectivity index (χ0) is 9.81. The van der Waals surface area contributed by atoms with Gasteiger partial charge in [-0.1, -0.05) is 6.42 Å². The summed E-state index contributed by atoms with van der Waals surface area (Å²) in [5, 5.41) is 0. The highest BCUT2D eigenvalue weighted by molar-refractivity contribution is 5.90. The molecule has 2 atom stereocenters. The van der Waals surface area contributed by atoms with Crippen LogP contribution in [0, 0.1) is 5.41 Å². The SMILES string of the molecule is O=C1C[C@@]23CCCC[C@@]2(COC3=O)O1. The van der Waals surface area contributed by atoms with Gasteiger partial charge in [-0.25, -0.2) is 0 Å². The number of carbonyl (C=O) groups is 2. The number of ether oxygens (including phenoxy) is 2. The predicted octanol–water partition coefficient (Wildman–Crippen LogP) is 0.789. The van der Waals surface area contributed by atoms with E-state index in [1.54, 1.807) is 0 Å². The molecule has 76 valence electrons. The molecule has 0 bridgehead atoms. The quantitative estimate of drug-likeness (QED) is 0.537. The Morgan fingerprint density at radius 1 is 1.14 bits per heavy atom. The van der Waals surface area contributed by atoms with Gasteiger partial charge in [-0.05, 0) is 19.3 Å². The van der Waals surface area contributed by atoms with Crippen molar-refractivity contribution in [1.82, 2.24) is 0 Å². The lowest BCUT2D eigenvalue weighted by Crippen LogP contribution is -2.48. The molecule has 3 rings (SSSR count). The standard InChI is InChI=1S/C10H12O4/c11-7-5-9-3-1-2-4-10(9,14-7)6-13-8(9)12/h1-6H2/t9-,10+/m1/s1.